The van der Waals surface area contributed by atoms with Crippen molar-refractivity contribution < 1.29 is 27.2 Å². The number of nitro groups is 1. The molecule has 1 aliphatic rings. The van der Waals surface area contributed by atoms with Crippen LogP contribution < -0.4 is 9.88 Å². The summed E-state index contributed by atoms with van der Waals surface area (Å²) in [4.78, 5) is 9.01. The number of hydrogen-bond acceptors (Lipinski definition) is 6. The van der Waals surface area contributed by atoms with Gasteiger partial charge >= 0.3 is 0 Å². The van der Waals surface area contributed by atoms with Gasteiger partial charge in [-0.3, -0.25) is 10.1 Å². The highest BCUT2D eigenvalue weighted by Gasteiger charge is 2.27. The average molecular weight is 320 g/mol. The second-order valence-electron chi connectivity index (χ2n) is 4.51. The standard InChI is InChI=1S/C11H13FN2O6S/c12-9-4-7(14(15)16)5-10(21(13,17)18)11(9)20-8-2-1-3-19-6-8/h4-5,8H,1-3,6H2,(H2,13,17,18). The Morgan fingerprint density at radius 2 is 2.19 bits per heavy atom. The SMILES string of the molecule is NS(=O)(=O)c1cc([N+](=O)[O-])cc(F)c1OC1CCCOC1. The molecular weight excluding hydrogens is 307 g/mol. The Bertz CT molecular complexity index is 657. The molecule has 1 saturated heterocycles. The van der Waals surface area contributed by atoms with Crippen LogP contribution in [0.1, 0.15) is 12.8 Å². The van der Waals surface area contributed by atoms with Crippen LogP contribution in [0, 0.1) is 15.9 Å². The van der Waals surface area contributed by atoms with Gasteiger partial charge in [-0.15, -0.1) is 0 Å². The molecule has 2 N–H and O–H groups in total. The maximum absolute atomic E-state index is 14.0. The molecular formula is C11H13FN2O6S. The highest BCUT2D eigenvalue weighted by molar-refractivity contribution is 7.89. The maximum atomic E-state index is 14.0. The van der Waals surface area contributed by atoms with Crippen LogP contribution in [-0.4, -0.2) is 32.7 Å². The van der Waals surface area contributed by atoms with Gasteiger partial charge in [0.25, 0.3) is 5.69 Å². The molecule has 0 aliphatic carbocycles. The Morgan fingerprint density at radius 1 is 1.48 bits per heavy atom. The maximum Gasteiger partial charge on any atom is 0.274 e. The summed E-state index contributed by atoms with van der Waals surface area (Å²) in [5.41, 5.74) is -0.719. The van der Waals surface area contributed by atoms with E-state index in [-0.39, 0.29) is 6.61 Å². The molecule has 1 unspecified atom stereocenters. The lowest BCUT2D eigenvalue weighted by Crippen LogP contribution is -2.29. The van der Waals surface area contributed by atoms with Crippen LogP contribution in [0.2, 0.25) is 0 Å². The van der Waals surface area contributed by atoms with E-state index in [4.69, 9.17) is 14.6 Å². The summed E-state index contributed by atoms with van der Waals surface area (Å²) in [6, 6.07) is 1.27. The summed E-state index contributed by atoms with van der Waals surface area (Å²) in [6.07, 6.45) is 0.708. The van der Waals surface area contributed by atoms with Crippen LogP contribution in [0.25, 0.3) is 0 Å². The number of nitrogens with zero attached hydrogens (tertiary/aromatic N) is 1. The lowest BCUT2D eigenvalue weighted by atomic mass is 10.2. The fourth-order valence-corrected chi connectivity index (χ4v) is 2.65. The minimum absolute atomic E-state index is 0.181. The quantitative estimate of drug-likeness (QED) is 0.650. The van der Waals surface area contributed by atoms with Crippen molar-refractivity contribution >= 4 is 15.7 Å². The van der Waals surface area contributed by atoms with Crippen molar-refractivity contribution in [3.63, 3.8) is 0 Å². The summed E-state index contributed by atoms with van der Waals surface area (Å²) in [5, 5.41) is 15.6. The summed E-state index contributed by atoms with van der Waals surface area (Å²) in [7, 11) is -4.37. The molecule has 8 nitrogen and oxygen atoms in total. The van der Waals surface area contributed by atoms with Crippen LogP contribution in [0.3, 0.4) is 0 Å². The topological polar surface area (TPSA) is 122 Å². The van der Waals surface area contributed by atoms with Crippen molar-refractivity contribution in [2.75, 3.05) is 13.2 Å². The zero-order chi connectivity index (χ0) is 15.6. The minimum Gasteiger partial charge on any atom is -0.483 e. The van der Waals surface area contributed by atoms with Crippen LogP contribution in [0.5, 0.6) is 5.75 Å². The molecule has 21 heavy (non-hydrogen) atoms. The monoisotopic (exact) mass is 320 g/mol. The van der Waals surface area contributed by atoms with E-state index in [9.17, 15) is 22.9 Å². The van der Waals surface area contributed by atoms with Crippen LogP contribution in [0.4, 0.5) is 10.1 Å². The number of nitro benzene ring substituents is 1. The van der Waals surface area contributed by atoms with Crippen LogP contribution in [0.15, 0.2) is 17.0 Å². The predicted octanol–water partition coefficient (Wildman–Crippen LogP) is 0.939. The van der Waals surface area contributed by atoms with Gasteiger partial charge in [-0.1, -0.05) is 0 Å². The van der Waals surface area contributed by atoms with E-state index in [2.05, 4.69) is 0 Å². The van der Waals surface area contributed by atoms with Gasteiger partial charge in [0.1, 0.15) is 11.0 Å². The van der Waals surface area contributed by atoms with Crippen molar-refractivity contribution in [2.45, 2.75) is 23.8 Å². The molecule has 0 aromatic heterocycles. The number of hydrogen-bond donors (Lipinski definition) is 1. The third-order valence-corrected chi connectivity index (χ3v) is 3.83. The van der Waals surface area contributed by atoms with E-state index in [0.717, 1.165) is 0 Å². The Balaban J connectivity index is 2.45. The second kappa shape index (κ2) is 5.92. The molecule has 0 amide bonds. The number of rotatable bonds is 4. The first-order chi connectivity index (χ1) is 9.79. The lowest BCUT2D eigenvalue weighted by molar-refractivity contribution is -0.385. The zero-order valence-corrected chi connectivity index (χ0v) is 11.6. The van der Waals surface area contributed by atoms with Crippen molar-refractivity contribution in [1.82, 2.24) is 0 Å². The van der Waals surface area contributed by atoms with Gasteiger partial charge in [0.15, 0.2) is 11.6 Å². The molecule has 2 rings (SSSR count). The normalized spacial score (nSPS) is 19.2. The van der Waals surface area contributed by atoms with Gasteiger partial charge in [0.2, 0.25) is 10.0 Å². The molecule has 1 aromatic rings. The molecule has 1 aromatic carbocycles. The lowest BCUT2D eigenvalue weighted by Gasteiger charge is -2.24. The molecule has 0 bridgehead atoms. The Kier molecular flexibility index (Phi) is 4.40. The zero-order valence-electron chi connectivity index (χ0n) is 10.8. The van der Waals surface area contributed by atoms with E-state index >= 15 is 0 Å². The van der Waals surface area contributed by atoms with Crippen LogP contribution >= 0.6 is 0 Å². The van der Waals surface area contributed by atoms with Gasteiger partial charge in [-0.05, 0) is 12.8 Å². The molecule has 1 aliphatic heterocycles. The Morgan fingerprint density at radius 3 is 2.71 bits per heavy atom. The largest absolute Gasteiger partial charge is 0.483 e. The van der Waals surface area contributed by atoms with E-state index < -0.39 is 43.2 Å². The highest BCUT2D eigenvalue weighted by Crippen LogP contribution is 2.32. The van der Waals surface area contributed by atoms with Gasteiger partial charge in [-0.25, -0.2) is 17.9 Å². The molecule has 0 saturated carbocycles. The number of benzene rings is 1. The molecule has 0 radical (unpaired) electrons. The number of ether oxygens (including phenoxy) is 2. The molecule has 1 heterocycles. The van der Waals surface area contributed by atoms with Crippen molar-refractivity contribution in [3.05, 3.63) is 28.1 Å². The van der Waals surface area contributed by atoms with Gasteiger partial charge < -0.3 is 9.47 Å². The first-order valence-corrected chi connectivity index (χ1v) is 7.59. The number of halogens is 1. The minimum atomic E-state index is -4.37. The van der Waals surface area contributed by atoms with Crippen molar-refractivity contribution in [2.24, 2.45) is 5.14 Å². The summed E-state index contributed by atoms with van der Waals surface area (Å²) < 4.78 is 47.4. The molecule has 116 valence electrons. The molecule has 0 spiro atoms. The van der Waals surface area contributed by atoms with Crippen molar-refractivity contribution in [3.8, 4) is 5.75 Å². The molecule has 1 fully saturated rings. The third-order valence-electron chi connectivity index (χ3n) is 2.91. The average Bonchev–Trinajstić information content (AvgIpc) is 2.40. The highest BCUT2D eigenvalue weighted by atomic mass is 32.2. The van der Waals surface area contributed by atoms with Gasteiger partial charge in [0, 0.05) is 12.7 Å². The first kappa shape index (κ1) is 15.6. The van der Waals surface area contributed by atoms with Crippen LogP contribution in [-0.2, 0) is 14.8 Å². The third kappa shape index (κ3) is 3.65. The van der Waals surface area contributed by atoms with Gasteiger partial charge in [0.05, 0.1) is 17.6 Å². The fraction of sp³-hybridized carbons (Fsp3) is 0.455. The number of primary sulfonamides is 1. The first-order valence-electron chi connectivity index (χ1n) is 6.04. The smallest absolute Gasteiger partial charge is 0.274 e. The Hall–Kier alpha value is -1.78. The molecule has 1 atom stereocenters. The fourth-order valence-electron chi connectivity index (χ4n) is 1.96. The van der Waals surface area contributed by atoms with E-state index in [0.29, 0.717) is 31.6 Å². The predicted molar refractivity (Wildman–Crippen MR) is 68.9 cm³/mol. The van der Waals surface area contributed by atoms with E-state index in [1.165, 1.54) is 0 Å². The second-order valence-corrected chi connectivity index (χ2v) is 6.04. The number of non-ortho nitro benzene ring substituents is 1. The number of sulfonamides is 1. The number of nitrogens with two attached hydrogens (primary N) is 1. The van der Waals surface area contributed by atoms with Crippen molar-refractivity contribution in [1.29, 1.82) is 0 Å². The van der Waals surface area contributed by atoms with Gasteiger partial charge in [-0.2, -0.15) is 0 Å². The summed E-state index contributed by atoms with van der Waals surface area (Å²) in [5.74, 6) is -1.77. The summed E-state index contributed by atoms with van der Waals surface area (Å²) in [6.45, 7) is 0.727. The summed E-state index contributed by atoms with van der Waals surface area (Å²) >= 11 is 0. The van der Waals surface area contributed by atoms with E-state index in [1.807, 2.05) is 0 Å². The van der Waals surface area contributed by atoms with E-state index in [1.54, 1.807) is 0 Å². The molecule has 10 heteroatoms. The Labute approximate surface area is 119 Å².